The number of nitriles is 1. The van der Waals surface area contributed by atoms with Crippen LogP contribution < -0.4 is 10.1 Å². The molecular weight excluding hydrogens is 368 g/mol. The molecule has 0 heterocycles. The number of fused-ring (bicyclic) bond motifs is 1. The predicted octanol–water partition coefficient (Wildman–Crippen LogP) is 3.51. The average Bonchev–Trinajstić information content (AvgIpc) is 2.76. The Hall–Kier alpha value is -3.85. The number of ether oxygens (including phenoxy) is 2. The van der Waals surface area contributed by atoms with Crippen LogP contribution in [0.1, 0.15) is 24.1 Å². The number of hydrogen-bond donors (Lipinski definition) is 1. The second-order valence-corrected chi connectivity index (χ2v) is 6.41. The minimum atomic E-state index is -0.689. The van der Waals surface area contributed by atoms with Crippen LogP contribution in [-0.2, 0) is 14.3 Å². The fourth-order valence-corrected chi connectivity index (χ4v) is 3.00. The maximum absolute atomic E-state index is 12.2. The van der Waals surface area contributed by atoms with Gasteiger partial charge in [-0.1, -0.05) is 54.6 Å². The van der Waals surface area contributed by atoms with E-state index >= 15 is 0 Å². The third kappa shape index (κ3) is 5.11. The van der Waals surface area contributed by atoms with E-state index in [4.69, 9.17) is 14.7 Å². The largest absolute Gasteiger partial charge is 0.481 e. The molecule has 0 aliphatic heterocycles. The molecule has 0 aliphatic rings. The van der Waals surface area contributed by atoms with Crippen LogP contribution in [0, 0.1) is 11.3 Å². The van der Waals surface area contributed by atoms with Gasteiger partial charge >= 0.3 is 5.97 Å². The Balaban J connectivity index is 1.50. The summed E-state index contributed by atoms with van der Waals surface area (Å²) in [6.45, 7) is 1.09. The summed E-state index contributed by atoms with van der Waals surface area (Å²) in [6.07, 6.45) is 0. The number of esters is 1. The molecule has 6 nitrogen and oxygen atoms in total. The van der Waals surface area contributed by atoms with Crippen LogP contribution >= 0.6 is 0 Å². The van der Waals surface area contributed by atoms with Gasteiger partial charge in [-0.15, -0.1) is 0 Å². The SMILES string of the molecule is C[C@@H](NC(=O)COC(=O)COc1ccccc1C#N)c1cccc2ccccc12. The monoisotopic (exact) mass is 388 g/mol. The van der Waals surface area contributed by atoms with Crippen LogP contribution in [0.3, 0.4) is 0 Å². The number of amides is 1. The zero-order valence-electron chi connectivity index (χ0n) is 15.9. The molecule has 0 saturated carbocycles. The van der Waals surface area contributed by atoms with Crippen molar-refractivity contribution in [1.29, 1.82) is 5.26 Å². The highest BCUT2D eigenvalue weighted by Gasteiger charge is 2.14. The second-order valence-electron chi connectivity index (χ2n) is 6.41. The first-order valence-corrected chi connectivity index (χ1v) is 9.13. The highest BCUT2D eigenvalue weighted by molar-refractivity contribution is 5.87. The van der Waals surface area contributed by atoms with Crippen LogP contribution in [0.4, 0.5) is 0 Å². The fourth-order valence-electron chi connectivity index (χ4n) is 3.00. The summed E-state index contributed by atoms with van der Waals surface area (Å²) in [4.78, 5) is 24.0. The molecule has 146 valence electrons. The fraction of sp³-hybridized carbons (Fsp3) is 0.174. The Morgan fingerprint density at radius 3 is 2.55 bits per heavy atom. The van der Waals surface area contributed by atoms with Crippen LogP contribution in [-0.4, -0.2) is 25.1 Å². The molecule has 0 radical (unpaired) electrons. The lowest BCUT2D eigenvalue weighted by Gasteiger charge is -2.16. The lowest BCUT2D eigenvalue weighted by Crippen LogP contribution is -2.32. The smallest absolute Gasteiger partial charge is 0.344 e. The van der Waals surface area contributed by atoms with Crippen LogP contribution in [0.2, 0.25) is 0 Å². The van der Waals surface area contributed by atoms with Crippen molar-refractivity contribution in [3.63, 3.8) is 0 Å². The Bertz CT molecular complexity index is 1070. The van der Waals surface area contributed by atoms with Gasteiger partial charge in [-0.2, -0.15) is 5.26 Å². The van der Waals surface area contributed by atoms with E-state index < -0.39 is 18.5 Å². The van der Waals surface area contributed by atoms with Gasteiger partial charge in [0.2, 0.25) is 0 Å². The number of nitrogens with one attached hydrogen (secondary N) is 1. The van der Waals surface area contributed by atoms with Gasteiger partial charge in [-0.3, -0.25) is 4.79 Å². The number of benzene rings is 3. The standard InChI is InChI=1S/C23H20N2O4/c1-16(19-11-6-9-17-7-2-4-10-20(17)19)25-22(26)14-29-23(27)15-28-21-12-5-3-8-18(21)13-24/h2-12,16H,14-15H2,1H3,(H,25,26)/t16-/m1/s1. The number of carbonyl (C=O) groups excluding carboxylic acids is 2. The number of hydrogen-bond acceptors (Lipinski definition) is 5. The van der Waals surface area contributed by atoms with Gasteiger partial charge in [-0.25, -0.2) is 4.79 Å². The van der Waals surface area contributed by atoms with E-state index in [1.807, 2.05) is 55.5 Å². The topological polar surface area (TPSA) is 88.4 Å². The Labute approximate surface area is 168 Å². The average molecular weight is 388 g/mol. The van der Waals surface area contributed by atoms with E-state index in [2.05, 4.69) is 5.32 Å². The third-order valence-corrected chi connectivity index (χ3v) is 4.38. The molecule has 3 rings (SSSR count). The van der Waals surface area contributed by atoms with Gasteiger partial charge < -0.3 is 14.8 Å². The summed E-state index contributed by atoms with van der Waals surface area (Å²) in [7, 11) is 0. The Kier molecular flexibility index (Phi) is 6.43. The van der Waals surface area contributed by atoms with Crippen molar-refractivity contribution >= 4 is 22.6 Å². The van der Waals surface area contributed by atoms with Crippen molar-refractivity contribution in [2.24, 2.45) is 0 Å². The molecule has 1 amide bonds. The van der Waals surface area contributed by atoms with Crippen LogP contribution in [0.5, 0.6) is 5.75 Å². The van der Waals surface area contributed by atoms with Gasteiger partial charge in [0.1, 0.15) is 11.8 Å². The van der Waals surface area contributed by atoms with Gasteiger partial charge in [-0.05, 0) is 35.4 Å². The maximum Gasteiger partial charge on any atom is 0.344 e. The first-order chi connectivity index (χ1) is 14.1. The molecule has 29 heavy (non-hydrogen) atoms. The Morgan fingerprint density at radius 1 is 1.00 bits per heavy atom. The van der Waals surface area contributed by atoms with Gasteiger partial charge in [0.15, 0.2) is 13.2 Å². The van der Waals surface area contributed by atoms with Crippen molar-refractivity contribution in [3.05, 3.63) is 77.9 Å². The minimum Gasteiger partial charge on any atom is -0.481 e. The quantitative estimate of drug-likeness (QED) is 0.626. The normalized spacial score (nSPS) is 11.3. The van der Waals surface area contributed by atoms with Crippen molar-refractivity contribution in [3.8, 4) is 11.8 Å². The number of para-hydroxylation sites is 1. The van der Waals surface area contributed by atoms with Crippen LogP contribution in [0.25, 0.3) is 10.8 Å². The summed E-state index contributed by atoms with van der Waals surface area (Å²) < 4.78 is 10.3. The molecular formula is C23H20N2O4. The molecule has 0 bridgehead atoms. The molecule has 0 unspecified atom stereocenters. The van der Waals surface area contributed by atoms with E-state index in [1.165, 1.54) is 0 Å². The zero-order chi connectivity index (χ0) is 20.6. The molecule has 0 fully saturated rings. The predicted molar refractivity (Wildman–Crippen MR) is 108 cm³/mol. The number of rotatable bonds is 7. The third-order valence-electron chi connectivity index (χ3n) is 4.38. The number of nitrogens with zero attached hydrogens (tertiary/aromatic N) is 1. The van der Waals surface area contributed by atoms with E-state index in [0.717, 1.165) is 16.3 Å². The van der Waals surface area contributed by atoms with Crippen molar-refractivity contribution in [1.82, 2.24) is 5.32 Å². The Morgan fingerprint density at radius 2 is 1.72 bits per heavy atom. The first kappa shape index (κ1) is 19.9. The van der Waals surface area contributed by atoms with Gasteiger partial charge in [0.05, 0.1) is 11.6 Å². The molecule has 0 aliphatic carbocycles. The van der Waals surface area contributed by atoms with Gasteiger partial charge in [0, 0.05) is 0 Å². The molecule has 1 atom stereocenters. The summed E-state index contributed by atoms with van der Waals surface area (Å²) >= 11 is 0. The van der Waals surface area contributed by atoms with Gasteiger partial charge in [0.25, 0.3) is 5.91 Å². The molecule has 1 N–H and O–H groups in total. The number of carbonyl (C=O) groups is 2. The van der Waals surface area contributed by atoms with Crippen molar-refractivity contribution in [2.45, 2.75) is 13.0 Å². The highest BCUT2D eigenvalue weighted by atomic mass is 16.6. The molecule has 0 saturated heterocycles. The molecule has 6 heteroatoms. The lowest BCUT2D eigenvalue weighted by atomic mass is 10.00. The maximum atomic E-state index is 12.2. The summed E-state index contributed by atoms with van der Waals surface area (Å²) in [5, 5.41) is 14.0. The van der Waals surface area contributed by atoms with E-state index in [1.54, 1.807) is 24.3 Å². The highest BCUT2D eigenvalue weighted by Crippen LogP contribution is 2.24. The van der Waals surface area contributed by atoms with E-state index in [9.17, 15) is 9.59 Å². The molecule has 0 spiro atoms. The summed E-state index contributed by atoms with van der Waals surface area (Å²) in [6, 6.07) is 22.2. The minimum absolute atomic E-state index is 0.244. The zero-order valence-corrected chi connectivity index (χ0v) is 15.9. The second kappa shape index (κ2) is 9.38. The van der Waals surface area contributed by atoms with Crippen molar-refractivity contribution < 1.29 is 19.1 Å². The molecule has 3 aromatic carbocycles. The van der Waals surface area contributed by atoms with Crippen molar-refractivity contribution in [2.75, 3.05) is 13.2 Å². The van der Waals surface area contributed by atoms with E-state index in [-0.39, 0.29) is 12.6 Å². The van der Waals surface area contributed by atoms with E-state index in [0.29, 0.717) is 11.3 Å². The summed E-state index contributed by atoms with van der Waals surface area (Å²) in [5.41, 5.74) is 1.31. The summed E-state index contributed by atoms with van der Waals surface area (Å²) in [5.74, 6) is -0.803. The molecule has 3 aromatic rings. The lowest BCUT2D eigenvalue weighted by molar-refractivity contribution is -0.150. The molecule has 0 aromatic heterocycles. The van der Waals surface area contributed by atoms with Crippen LogP contribution in [0.15, 0.2) is 66.7 Å². The first-order valence-electron chi connectivity index (χ1n) is 9.13.